The molecule has 1 aliphatic rings. The van der Waals surface area contributed by atoms with Gasteiger partial charge >= 0.3 is 0 Å². The number of fused-ring (bicyclic) bond motifs is 2. The summed E-state index contributed by atoms with van der Waals surface area (Å²) in [5.41, 5.74) is 21.7. The third-order valence-corrected chi connectivity index (χ3v) is 4.36. The van der Waals surface area contributed by atoms with Crippen molar-refractivity contribution in [2.75, 3.05) is 17.2 Å². The zero-order valence-electron chi connectivity index (χ0n) is 13.2. The highest BCUT2D eigenvalue weighted by Gasteiger charge is 2.33. The molecule has 122 valence electrons. The number of nitriles is 1. The van der Waals surface area contributed by atoms with Crippen LogP contribution in [0.1, 0.15) is 28.2 Å². The highest BCUT2D eigenvalue weighted by Crippen LogP contribution is 2.50. The van der Waals surface area contributed by atoms with Gasteiger partial charge in [0, 0.05) is 23.2 Å². The normalized spacial score (nSPS) is 14.8. The van der Waals surface area contributed by atoms with Gasteiger partial charge in [0.25, 0.3) is 0 Å². The number of rotatable bonds is 1. The van der Waals surface area contributed by atoms with Gasteiger partial charge in [-0.3, -0.25) is 0 Å². The number of benzene rings is 2. The molecule has 2 aromatic carbocycles. The Morgan fingerprint density at radius 2 is 1.80 bits per heavy atom. The summed E-state index contributed by atoms with van der Waals surface area (Å²) in [5, 5.41) is 9.38. The fourth-order valence-corrected chi connectivity index (χ4v) is 3.22. The lowest BCUT2D eigenvalue weighted by molar-refractivity contribution is 0.435. The lowest BCUT2D eigenvalue weighted by atomic mass is 9.82. The molecule has 6 heteroatoms. The van der Waals surface area contributed by atoms with Gasteiger partial charge in [-0.1, -0.05) is 36.4 Å². The van der Waals surface area contributed by atoms with Crippen LogP contribution in [0, 0.1) is 11.3 Å². The van der Waals surface area contributed by atoms with Crippen LogP contribution in [0.3, 0.4) is 0 Å². The van der Waals surface area contributed by atoms with E-state index in [1.165, 1.54) is 0 Å². The second-order valence-electron chi connectivity index (χ2n) is 5.86. The smallest absolute Gasteiger partial charge is 0.227 e. The maximum Gasteiger partial charge on any atom is 0.227 e. The minimum atomic E-state index is -0.222. The van der Waals surface area contributed by atoms with E-state index in [1.54, 1.807) is 6.07 Å². The summed E-state index contributed by atoms with van der Waals surface area (Å²) >= 11 is 0. The summed E-state index contributed by atoms with van der Waals surface area (Å²) in [5.74, 6) is 0.747. The third kappa shape index (κ3) is 2.22. The third-order valence-electron chi connectivity index (χ3n) is 4.36. The fraction of sp³-hybridized carbons (Fsp3) is 0.0526. The Labute approximate surface area is 144 Å². The first-order chi connectivity index (χ1) is 12.1. The van der Waals surface area contributed by atoms with E-state index < -0.39 is 0 Å². The Kier molecular flexibility index (Phi) is 3.22. The van der Waals surface area contributed by atoms with Crippen LogP contribution in [0.25, 0.3) is 0 Å². The molecule has 6 nitrogen and oxygen atoms in total. The molecule has 6 N–H and O–H groups in total. The van der Waals surface area contributed by atoms with Gasteiger partial charge in [0.1, 0.15) is 23.2 Å². The molecule has 0 spiro atoms. The number of nitrogens with zero attached hydrogens (tertiary/aromatic N) is 2. The number of nitrogen functional groups attached to an aromatic ring is 3. The van der Waals surface area contributed by atoms with Crippen LogP contribution in [0.15, 0.2) is 48.5 Å². The summed E-state index contributed by atoms with van der Waals surface area (Å²) in [6.07, 6.45) is 0. The van der Waals surface area contributed by atoms with E-state index in [-0.39, 0.29) is 17.3 Å². The van der Waals surface area contributed by atoms with Crippen molar-refractivity contribution < 1.29 is 4.74 Å². The predicted octanol–water partition coefficient (Wildman–Crippen LogP) is 2.99. The SMILES string of the molecule is N#Cc1c(N)nc2c(c1N)[C@H](c1ccccc1)c1ccc(N)cc1O2. The summed E-state index contributed by atoms with van der Waals surface area (Å²) in [4.78, 5) is 4.26. The first-order valence-corrected chi connectivity index (χ1v) is 7.71. The maximum atomic E-state index is 9.38. The van der Waals surface area contributed by atoms with Gasteiger partial charge in [0.15, 0.2) is 0 Å². The van der Waals surface area contributed by atoms with Gasteiger partial charge in [0.2, 0.25) is 5.88 Å². The topological polar surface area (TPSA) is 124 Å². The van der Waals surface area contributed by atoms with Crippen molar-refractivity contribution in [2.24, 2.45) is 0 Å². The standard InChI is InChI=1S/C19H15N5O/c20-9-13-17(22)16-15(10-4-2-1-3-5-10)12-7-6-11(21)8-14(12)25-19(16)24-18(13)23/h1-8,15H,21H2,(H4,22,23,24)/t15-/m1/s1. The van der Waals surface area contributed by atoms with Crippen LogP contribution in [-0.2, 0) is 0 Å². The number of pyridine rings is 1. The molecular formula is C19H15N5O. The van der Waals surface area contributed by atoms with Gasteiger partial charge < -0.3 is 21.9 Å². The van der Waals surface area contributed by atoms with Crippen LogP contribution in [0.4, 0.5) is 17.2 Å². The molecule has 0 saturated heterocycles. The lowest BCUT2D eigenvalue weighted by Gasteiger charge is -2.29. The molecule has 0 radical (unpaired) electrons. The number of hydrogen-bond donors (Lipinski definition) is 3. The van der Waals surface area contributed by atoms with E-state index in [2.05, 4.69) is 4.98 Å². The van der Waals surface area contributed by atoms with E-state index in [4.69, 9.17) is 21.9 Å². The largest absolute Gasteiger partial charge is 0.438 e. The molecule has 4 rings (SSSR count). The average molecular weight is 329 g/mol. The highest BCUT2D eigenvalue weighted by atomic mass is 16.5. The second kappa shape index (κ2) is 5.42. The monoisotopic (exact) mass is 329 g/mol. The number of ether oxygens (including phenoxy) is 1. The Balaban J connectivity index is 2.05. The minimum absolute atomic E-state index is 0.0536. The molecule has 0 saturated carbocycles. The van der Waals surface area contributed by atoms with Crippen LogP contribution >= 0.6 is 0 Å². The number of aromatic nitrogens is 1. The van der Waals surface area contributed by atoms with E-state index >= 15 is 0 Å². The fourth-order valence-electron chi connectivity index (χ4n) is 3.22. The van der Waals surface area contributed by atoms with E-state index in [0.717, 1.165) is 11.1 Å². The zero-order chi connectivity index (χ0) is 17.6. The van der Waals surface area contributed by atoms with Gasteiger partial charge in [0.05, 0.1) is 11.3 Å². The van der Waals surface area contributed by atoms with Crippen molar-refractivity contribution in [1.82, 2.24) is 4.98 Å². The van der Waals surface area contributed by atoms with Crippen LogP contribution in [-0.4, -0.2) is 4.98 Å². The number of anilines is 3. The number of nitrogens with two attached hydrogens (primary N) is 3. The van der Waals surface area contributed by atoms with Crippen molar-refractivity contribution in [1.29, 1.82) is 5.26 Å². The first-order valence-electron chi connectivity index (χ1n) is 7.71. The summed E-state index contributed by atoms with van der Waals surface area (Å²) < 4.78 is 5.91. The lowest BCUT2D eigenvalue weighted by Crippen LogP contribution is -2.17. The van der Waals surface area contributed by atoms with Crippen LogP contribution < -0.4 is 21.9 Å². The molecule has 1 aromatic heterocycles. The predicted molar refractivity (Wildman–Crippen MR) is 96.1 cm³/mol. The Morgan fingerprint density at radius 3 is 2.52 bits per heavy atom. The van der Waals surface area contributed by atoms with Crippen molar-refractivity contribution in [3.8, 4) is 17.7 Å². The van der Waals surface area contributed by atoms with Crippen LogP contribution in [0.2, 0.25) is 0 Å². The summed E-state index contributed by atoms with van der Waals surface area (Å²) in [7, 11) is 0. The molecule has 1 aliphatic heterocycles. The number of hydrogen-bond acceptors (Lipinski definition) is 6. The van der Waals surface area contributed by atoms with Crippen molar-refractivity contribution in [3.05, 3.63) is 70.8 Å². The molecule has 0 unspecified atom stereocenters. The highest BCUT2D eigenvalue weighted by molar-refractivity contribution is 5.75. The molecule has 25 heavy (non-hydrogen) atoms. The minimum Gasteiger partial charge on any atom is -0.438 e. The molecule has 3 aromatic rings. The van der Waals surface area contributed by atoms with Crippen LogP contribution in [0.5, 0.6) is 11.6 Å². The zero-order valence-corrected chi connectivity index (χ0v) is 13.2. The first kappa shape index (κ1) is 14.8. The Bertz CT molecular complexity index is 1020. The summed E-state index contributed by atoms with van der Waals surface area (Å²) in [6.45, 7) is 0. The maximum absolute atomic E-state index is 9.38. The Hall–Kier alpha value is -3.72. The molecule has 1 atom stereocenters. The second-order valence-corrected chi connectivity index (χ2v) is 5.86. The van der Waals surface area contributed by atoms with E-state index in [1.807, 2.05) is 48.5 Å². The van der Waals surface area contributed by atoms with Crippen molar-refractivity contribution >= 4 is 17.2 Å². The van der Waals surface area contributed by atoms with E-state index in [9.17, 15) is 5.26 Å². The van der Waals surface area contributed by atoms with Gasteiger partial charge in [-0.2, -0.15) is 10.2 Å². The van der Waals surface area contributed by atoms with E-state index in [0.29, 0.717) is 28.6 Å². The molecule has 0 bridgehead atoms. The van der Waals surface area contributed by atoms with Gasteiger partial charge in [-0.15, -0.1) is 0 Å². The van der Waals surface area contributed by atoms with Crippen molar-refractivity contribution in [3.63, 3.8) is 0 Å². The summed E-state index contributed by atoms with van der Waals surface area (Å²) in [6, 6.07) is 17.4. The Morgan fingerprint density at radius 1 is 1.04 bits per heavy atom. The molecule has 0 amide bonds. The average Bonchev–Trinajstić information content (AvgIpc) is 2.61. The quantitative estimate of drug-likeness (QED) is 0.461. The van der Waals surface area contributed by atoms with Gasteiger partial charge in [-0.25, -0.2) is 0 Å². The molecule has 0 fully saturated rings. The molecule has 0 aliphatic carbocycles. The molecule has 2 heterocycles. The van der Waals surface area contributed by atoms with Crippen molar-refractivity contribution in [2.45, 2.75) is 5.92 Å². The van der Waals surface area contributed by atoms with Gasteiger partial charge in [-0.05, 0) is 11.6 Å². The molecular weight excluding hydrogens is 314 g/mol.